The van der Waals surface area contributed by atoms with Crippen molar-refractivity contribution in [1.82, 2.24) is 20.1 Å². The average Bonchev–Trinajstić information content (AvgIpc) is 3.26. The summed E-state index contributed by atoms with van der Waals surface area (Å²) in [7, 11) is 0. The van der Waals surface area contributed by atoms with Crippen LogP contribution in [-0.2, 0) is 16.1 Å². The molecule has 26 heavy (non-hydrogen) atoms. The molecular weight excluding hydrogens is 350 g/mol. The molecule has 0 radical (unpaired) electrons. The van der Waals surface area contributed by atoms with Crippen LogP contribution in [0.1, 0.15) is 31.9 Å². The normalized spacial score (nSPS) is 19.3. The molecule has 7 nitrogen and oxygen atoms in total. The van der Waals surface area contributed by atoms with Gasteiger partial charge in [0.05, 0.1) is 18.4 Å². The molecule has 2 N–H and O–H groups in total. The number of aromatic nitrogens is 3. The molecule has 3 rings (SSSR count). The molecule has 2 heterocycles. The summed E-state index contributed by atoms with van der Waals surface area (Å²) in [6, 6.07) is 7.36. The molecule has 8 heteroatoms. The SMILES string of the molecule is CCSC1CCC(NC(=O)C(=O)Nc2ccnn2Cc2ccccn2)C1. The van der Waals surface area contributed by atoms with Crippen molar-refractivity contribution < 1.29 is 9.59 Å². The summed E-state index contributed by atoms with van der Waals surface area (Å²) in [5.74, 6) is 0.287. The summed E-state index contributed by atoms with van der Waals surface area (Å²) in [5, 5.41) is 10.2. The molecule has 2 aromatic heterocycles. The Morgan fingerprint density at radius 3 is 2.88 bits per heavy atom. The van der Waals surface area contributed by atoms with Gasteiger partial charge in [0, 0.05) is 23.6 Å². The van der Waals surface area contributed by atoms with Gasteiger partial charge in [-0.2, -0.15) is 16.9 Å². The van der Waals surface area contributed by atoms with Crippen LogP contribution in [0.15, 0.2) is 36.7 Å². The quantitative estimate of drug-likeness (QED) is 0.757. The van der Waals surface area contributed by atoms with Crippen molar-refractivity contribution in [2.75, 3.05) is 11.1 Å². The number of carbonyl (C=O) groups excluding carboxylic acids is 2. The van der Waals surface area contributed by atoms with Gasteiger partial charge in [-0.05, 0) is 37.1 Å². The first-order valence-electron chi connectivity index (χ1n) is 8.81. The van der Waals surface area contributed by atoms with E-state index in [1.807, 2.05) is 30.0 Å². The molecule has 0 aromatic carbocycles. The maximum absolute atomic E-state index is 12.2. The Hall–Kier alpha value is -2.35. The molecule has 2 atom stereocenters. The van der Waals surface area contributed by atoms with Gasteiger partial charge in [-0.25, -0.2) is 4.68 Å². The molecule has 0 spiro atoms. The molecule has 1 aliphatic rings. The predicted molar refractivity (Wildman–Crippen MR) is 102 cm³/mol. The summed E-state index contributed by atoms with van der Waals surface area (Å²) in [5.41, 5.74) is 0.821. The van der Waals surface area contributed by atoms with Gasteiger partial charge in [0.1, 0.15) is 5.82 Å². The number of rotatable bonds is 6. The van der Waals surface area contributed by atoms with Crippen LogP contribution >= 0.6 is 11.8 Å². The Morgan fingerprint density at radius 2 is 2.12 bits per heavy atom. The van der Waals surface area contributed by atoms with Crippen LogP contribution in [0.3, 0.4) is 0 Å². The highest BCUT2D eigenvalue weighted by Crippen LogP contribution is 2.29. The lowest BCUT2D eigenvalue weighted by atomic mass is 10.2. The molecule has 0 saturated heterocycles. The molecule has 2 amide bonds. The van der Waals surface area contributed by atoms with Gasteiger partial charge in [0.25, 0.3) is 0 Å². The van der Waals surface area contributed by atoms with Crippen LogP contribution in [0.4, 0.5) is 5.82 Å². The van der Waals surface area contributed by atoms with Gasteiger partial charge in [0.15, 0.2) is 0 Å². The number of hydrogen-bond acceptors (Lipinski definition) is 5. The summed E-state index contributed by atoms with van der Waals surface area (Å²) < 4.78 is 1.61. The van der Waals surface area contributed by atoms with Crippen molar-refractivity contribution in [3.05, 3.63) is 42.4 Å². The Morgan fingerprint density at radius 1 is 1.23 bits per heavy atom. The van der Waals surface area contributed by atoms with E-state index in [9.17, 15) is 9.59 Å². The van der Waals surface area contributed by atoms with Crippen LogP contribution in [-0.4, -0.2) is 43.6 Å². The van der Waals surface area contributed by atoms with E-state index in [-0.39, 0.29) is 6.04 Å². The number of hydrogen-bond donors (Lipinski definition) is 2. The highest BCUT2D eigenvalue weighted by Gasteiger charge is 2.27. The standard InChI is InChI=1S/C18H23N5O2S/c1-2-26-15-7-6-13(11-15)21-17(24)18(25)22-16-8-10-20-23(16)12-14-5-3-4-9-19-14/h3-5,8-10,13,15H,2,6-7,11-12H2,1H3,(H,21,24)(H,22,25). The third-order valence-corrected chi connectivity index (χ3v) is 5.56. The third kappa shape index (κ3) is 4.85. The van der Waals surface area contributed by atoms with E-state index < -0.39 is 11.8 Å². The Labute approximate surface area is 157 Å². The zero-order valence-electron chi connectivity index (χ0n) is 14.7. The topological polar surface area (TPSA) is 88.9 Å². The minimum Gasteiger partial charge on any atom is -0.345 e. The minimum absolute atomic E-state index is 0.0794. The van der Waals surface area contributed by atoms with Crippen LogP contribution in [0, 0.1) is 0 Å². The summed E-state index contributed by atoms with van der Waals surface area (Å²) in [6.07, 6.45) is 6.22. The highest BCUT2D eigenvalue weighted by atomic mass is 32.2. The van der Waals surface area contributed by atoms with Crippen molar-refractivity contribution in [2.45, 2.75) is 44.0 Å². The average molecular weight is 373 g/mol. The summed E-state index contributed by atoms with van der Waals surface area (Å²) in [4.78, 5) is 28.7. The van der Waals surface area contributed by atoms with Gasteiger partial charge in [0.2, 0.25) is 0 Å². The lowest BCUT2D eigenvalue weighted by molar-refractivity contribution is -0.136. The first-order valence-corrected chi connectivity index (χ1v) is 9.85. The van der Waals surface area contributed by atoms with Crippen molar-refractivity contribution in [3.63, 3.8) is 0 Å². The Bertz CT molecular complexity index is 749. The van der Waals surface area contributed by atoms with E-state index in [0.717, 1.165) is 30.7 Å². The van der Waals surface area contributed by atoms with Gasteiger partial charge in [-0.3, -0.25) is 14.6 Å². The molecular formula is C18H23N5O2S. The van der Waals surface area contributed by atoms with Crippen molar-refractivity contribution in [2.24, 2.45) is 0 Å². The number of thioether (sulfide) groups is 1. The van der Waals surface area contributed by atoms with E-state index in [1.165, 1.54) is 0 Å². The van der Waals surface area contributed by atoms with Crippen LogP contribution in [0.2, 0.25) is 0 Å². The molecule has 2 aromatic rings. The largest absolute Gasteiger partial charge is 0.345 e. The number of carbonyl (C=O) groups is 2. The maximum Gasteiger partial charge on any atom is 0.314 e. The number of amides is 2. The zero-order chi connectivity index (χ0) is 18.4. The van der Waals surface area contributed by atoms with E-state index in [4.69, 9.17) is 0 Å². The van der Waals surface area contributed by atoms with Gasteiger partial charge < -0.3 is 10.6 Å². The molecule has 0 bridgehead atoms. The molecule has 2 unspecified atom stereocenters. The van der Waals surface area contributed by atoms with Crippen molar-refractivity contribution >= 4 is 29.4 Å². The Balaban J connectivity index is 1.53. The van der Waals surface area contributed by atoms with E-state index in [0.29, 0.717) is 17.6 Å². The molecule has 138 valence electrons. The fourth-order valence-corrected chi connectivity index (χ4v) is 4.23. The van der Waals surface area contributed by atoms with Gasteiger partial charge in [-0.15, -0.1) is 0 Å². The van der Waals surface area contributed by atoms with Gasteiger partial charge in [-0.1, -0.05) is 13.0 Å². The second-order valence-corrected chi connectivity index (χ2v) is 7.79. The van der Waals surface area contributed by atoms with Crippen molar-refractivity contribution in [1.29, 1.82) is 0 Å². The maximum atomic E-state index is 12.2. The van der Waals surface area contributed by atoms with E-state index in [1.54, 1.807) is 23.1 Å². The number of anilines is 1. The van der Waals surface area contributed by atoms with Crippen LogP contribution in [0.25, 0.3) is 0 Å². The molecule has 1 aliphatic carbocycles. The number of nitrogens with zero attached hydrogens (tertiary/aromatic N) is 3. The highest BCUT2D eigenvalue weighted by molar-refractivity contribution is 7.99. The van der Waals surface area contributed by atoms with E-state index in [2.05, 4.69) is 27.6 Å². The minimum atomic E-state index is -0.667. The lowest BCUT2D eigenvalue weighted by Crippen LogP contribution is -2.41. The molecule has 1 fully saturated rings. The van der Waals surface area contributed by atoms with Crippen molar-refractivity contribution in [3.8, 4) is 0 Å². The third-order valence-electron chi connectivity index (χ3n) is 4.32. The monoisotopic (exact) mass is 373 g/mol. The number of pyridine rings is 1. The van der Waals surface area contributed by atoms with Crippen LogP contribution < -0.4 is 10.6 Å². The summed E-state index contributed by atoms with van der Waals surface area (Å²) >= 11 is 1.92. The first-order chi connectivity index (χ1) is 12.7. The Kier molecular flexibility index (Phi) is 6.27. The smallest absolute Gasteiger partial charge is 0.314 e. The second-order valence-electron chi connectivity index (χ2n) is 6.21. The number of nitrogens with one attached hydrogen (secondary N) is 2. The first kappa shape index (κ1) is 18.4. The summed E-state index contributed by atoms with van der Waals surface area (Å²) in [6.45, 7) is 2.56. The van der Waals surface area contributed by atoms with Crippen LogP contribution in [0.5, 0.6) is 0 Å². The zero-order valence-corrected chi connectivity index (χ0v) is 15.5. The molecule has 0 aliphatic heterocycles. The fraction of sp³-hybridized carbons (Fsp3) is 0.444. The molecule has 1 saturated carbocycles. The fourth-order valence-electron chi connectivity index (χ4n) is 3.09. The second kappa shape index (κ2) is 8.84. The predicted octanol–water partition coefficient (Wildman–Crippen LogP) is 2.06. The lowest BCUT2D eigenvalue weighted by Gasteiger charge is -2.13. The van der Waals surface area contributed by atoms with Gasteiger partial charge >= 0.3 is 11.8 Å². The van der Waals surface area contributed by atoms with E-state index >= 15 is 0 Å².